The maximum Gasteiger partial charge on any atom is 0.332 e. The lowest BCUT2D eigenvalue weighted by molar-refractivity contribution is 0.217. The molecule has 126 valence electrons. The van der Waals surface area contributed by atoms with Gasteiger partial charge in [0.25, 0.3) is 0 Å². The summed E-state index contributed by atoms with van der Waals surface area (Å²) < 4.78 is 30.4. The van der Waals surface area contributed by atoms with Crippen LogP contribution in [0.25, 0.3) is 0 Å². The molecule has 2 aliphatic rings. The highest BCUT2D eigenvalue weighted by Gasteiger charge is 2.25. The van der Waals surface area contributed by atoms with Crippen molar-refractivity contribution in [1.29, 1.82) is 0 Å². The molecule has 0 fully saturated rings. The first-order valence-electron chi connectivity index (χ1n) is 7.97. The van der Waals surface area contributed by atoms with Crippen LogP contribution in [0.3, 0.4) is 0 Å². The number of anilines is 1. The fourth-order valence-electron chi connectivity index (χ4n) is 3.49. The standard InChI is InChI=1S/C16H22N2O4S/c1-22-8-9-23(20,21)18-16(19)17-15-13-6-2-4-11(13)10-12-5-3-7-14(12)15/h10H,2-9H2,1H3,(H2,17,18,19). The number of fused-ring (bicyclic) bond motifs is 2. The van der Waals surface area contributed by atoms with Gasteiger partial charge in [0.15, 0.2) is 0 Å². The Kier molecular flexibility index (Phi) is 4.59. The third-order valence-corrected chi connectivity index (χ3v) is 5.72. The van der Waals surface area contributed by atoms with E-state index >= 15 is 0 Å². The van der Waals surface area contributed by atoms with Crippen molar-refractivity contribution >= 4 is 21.7 Å². The van der Waals surface area contributed by atoms with Crippen LogP contribution in [0.1, 0.15) is 35.1 Å². The number of nitrogens with one attached hydrogen (secondary N) is 2. The highest BCUT2D eigenvalue weighted by Crippen LogP contribution is 2.38. The third kappa shape index (κ3) is 3.50. The Morgan fingerprint density at radius 2 is 1.74 bits per heavy atom. The summed E-state index contributed by atoms with van der Waals surface area (Å²) in [5.74, 6) is -0.234. The molecule has 0 atom stereocenters. The highest BCUT2D eigenvalue weighted by molar-refractivity contribution is 7.90. The van der Waals surface area contributed by atoms with Crippen molar-refractivity contribution in [2.45, 2.75) is 38.5 Å². The summed E-state index contributed by atoms with van der Waals surface area (Å²) in [6.45, 7) is 0.0543. The van der Waals surface area contributed by atoms with Gasteiger partial charge in [-0.15, -0.1) is 0 Å². The van der Waals surface area contributed by atoms with Crippen molar-refractivity contribution in [2.24, 2.45) is 0 Å². The van der Waals surface area contributed by atoms with Crippen molar-refractivity contribution in [2.75, 3.05) is 24.8 Å². The number of methoxy groups -OCH3 is 1. The molecule has 0 bridgehead atoms. The smallest absolute Gasteiger partial charge is 0.332 e. The lowest BCUT2D eigenvalue weighted by atomic mass is 9.99. The first-order chi connectivity index (χ1) is 11.0. The molecule has 2 aliphatic carbocycles. The Labute approximate surface area is 136 Å². The molecule has 0 unspecified atom stereocenters. The van der Waals surface area contributed by atoms with Crippen molar-refractivity contribution in [3.8, 4) is 0 Å². The van der Waals surface area contributed by atoms with E-state index in [-0.39, 0.29) is 12.4 Å². The molecular weight excluding hydrogens is 316 g/mol. The Balaban J connectivity index is 1.80. The first-order valence-corrected chi connectivity index (χ1v) is 9.62. The van der Waals surface area contributed by atoms with E-state index in [0.29, 0.717) is 0 Å². The second-order valence-corrected chi connectivity index (χ2v) is 7.94. The van der Waals surface area contributed by atoms with E-state index in [1.54, 1.807) is 0 Å². The second kappa shape index (κ2) is 6.49. The topological polar surface area (TPSA) is 84.5 Å². The molecule has 0 spiro atoms. The van der Waals surface area contributed by atoms with E-state index in [1.807, 2.05) is 0 Å². The zero-order chi connectivity index (χ0) is 16.4. The average molecular weight is 338 g/mol. The lowest BCUT2D eigenvalue weighted by Gasteiger charge is -2.16. The molecule has 0 radical (unpaired) electrons. The maximum atomic E-state index is 12.1. The van der Waals surface area contributed by atoms with E-state index in [4.69, 9.17) is 4.74 Å². The number of amides is 2. The molecule has 6 nitrogen and oxygen atoms in total. The molecule has 0 saturated carbocycles. The summed E-state index contributed by atoms with van der Waals surface area (Å²) in [5.41, 5.74) is 5.78. The molecule has 0 saturated heterocycles. The van der Waals surface area contributed by atoms with Crippen LogP contribution in [0.5, 0.6) is 0 Å². The minimum atomic E-state index is -3.68. The van der Waals surface area contributed by atoms with E-state index in [1.165, 1.54) is 29.4 Å². The van der Waals surface area contributed by atoms with Gasteiger partial charge in [-0.25, -0.2) is 17.9 Å². The highest BCUT2D eigenvalue weighted by atomic mass is 32.2. The number of carbonyl (C=O) groups is 1. The second-order valence-electron chi connectivity index (χ2n) is 6.10. The minimum absolute atomic E-state index is 0.0543. The van der Waals surface area contributed by atoms with Crippen molar-refractivity contribution < 1.29 is 17.9 Å². The number of rotatable bonds is 5. The first kappa shape index (κ1) is 16.3. The van der Waals surface area contributed by atoms with Gasteiger partial charge in [0.05, 0.1) is 12.4 Å². The van der Waals surface area contributed by atoms with Crippen molar-refractivity contribution in [3.63, 3.8) is 0 Å². The zero-order valence-electron chi connectivity index (χ0n) is 13.3. The predicted molar refractivity (Wildman–Crippen MR) is 88.3 cm³/mol. The van der Waals surface area contributed by atoms with Crippen LogP contribution in [0.15, 0.2) is 6.07 Å². The Hall–Kier alpha value is -1.60. The van der Waals surface area contributed by atoms with Crippen LogP contribution < -0.4 is 10.0 Å². The van der Waals surface area contributed by atoms with E-state index < -0.39 is 16.1 Å². The molecule has 23 heavy (non-hydrogen) atoms. The summed E-state index contributed by atoms with van der Waals surface area (Å²) in [6, 6.07) is 1.58. The monoisotopic (exact) mass is 338 g/mol. The van der Waals surface area contributed by atoms with Gasteiger partial charge in [-0.1, -0.05) is 6.07 Å². The van der Waals surface area contributed by atoms with Crippen molar-refractivity contribution in [1.82, 2.24) is 4.72 Å². The van der Waals surface area contributed by atoms with Gasteiger partial charge in [0.2, 0.25) is 10.0 Å². The normalized spacial score (nSPS) is 16.0. The van der Waals surface area contributed by atoms with E-state index in [9.17, 15) is 13.2 Å². The number of ether oxygens (including phenoxy) is 1. The summed E-state index contributed by atoms with van der Waals surface area (Å²) in [4.78, 5) is 12.1. The number of sulfonamides is 1. The van der Waals surface area contributed by atoms with Crippen LogP contribution in [-0.2, 0) is 40.4 Å². The quantitative estimate of drug-likeness (QED) is 0.857. The van der Waals surface area contributed by atoms with E-state index in [0.717, 1.165) is 44.2 Å². The van der Waals surface area contributed by atoms with Crippen LogP contribution in [-0.4, -0.2) is 33.9 Å². The molecule has 2 N–H and O–H groups in total. The molecule has 1 aromatic rings. The van der Waals surface area contributed by atoms with Gasteiger partial charge in [0, 0.05) is 12.8 Å². The summed E-state index contributed by atoms with van der Waals surface area (Å²) >= 11 is 0. The summed E-state index contributed by atoms with van der Waals surface area (Å²) in [6.07, 6.45) is 6.11. The molecule has 7 heteroatoms. The van der Waals surface area contributed by atoms with Gasteiger partial charge in [-0.3, -0.25) is 0 Å². The van der Waals surface area contributed by atoms with E-state index in [2.05, 4.69) is 16.1 Å². The number of carbonyl (C=O) groups excluding carboxylic acids is 1. The van der Waals surface area contributed by atoms with Gasteiger partial charge < -0.3 is 10.1 Å². The molecular formula is C16H22N2O4S. The molecule has 1 aromatic carbocycles. The minimum Gasteiger partial charge on any atom is -0.384 e. The fraction of sp³-hybridized carbons (Fsp3) is 0.562. The van der Waals surface area contributed by atoms with Gasteiger partial charge in [0.1, 0.15) is 0 Å². The van der Waals surface area contributed by atoms with Crippen LogP contribution in [0.4, 0.5) is 10.5 Å². The van der Waals surface area contributed by atoms with Gasteiger partial charge in [-0.2, -0.15) is 0 Å². The van der Waals surface area contributed by atoms with Crippen molar-refractivity contribution in [3.05, 3.63) is 28.3 Å². The molecule has 0 aliphatic heterocycles. The molecule has 0 heterocycles. The predicted octanol–water partition coefficient (Wildman–Crippen LogP) is 1.76. The van der Waals surface area contributed by atoms with Gasteiger partial charge in [-0.05, 0) is 60.8 Å². The Morgan fingerprint density at radius 1 is 1.13 bits per heavy atom. The zero-order valence-corrected chi connectivity index (χ0v) is 14.1. The van der Waals surface area contributed by atoms with Crippen LogP contribution in [0.2, 0.25) is 0 Å². The SMILES string of the molecule is COCCS(=O)(=O)NC(=O)Nc1c2c(cc3c1CCC3)CCC2. The number of hydrogen-bond donors (Lipinski definition) is 2. The Bertz CT molecular complexity index is 696. The Morgan fingerprint density at radius 3 is 2.30 bits per heavy atom. The number of urea groups is 1. The van der Waals surface area contributed by atoms with Gasteiger partial charge >= 0.3 is 6.03 Å². The van der Waals surface area contributed by atoms with Crippen LogP contribution >= 0.6 is 0 Å². The lowest BCUT2D eigenvalue weighted by Crippen LogP contribution is -2.37. The molecule has 2 amide bonds. The summed E-state index contributed by atoms with van der Waals surface area (Å²) in [5, 5.41) is 2.81. The fourth-order valence-corrected chi connectivity index (χ4v) is 4.31. The number of benzene rings is 1. The van der Waals surface area contributed by atoms with Crippen LogP contribution in [0, 0.1) is 0 Å². The largest absolute Gasteiger partial charge is 0.384 e. The number of aryl methyl sites for hydroxylation is 2. The average Bonchev–Trinajstić information content (AvgIpc) is 3.12. The summed E-state index contributed by atoms with van der Waals surface area (Å²) in [7, 11) is -2.26. The molecule has 0 aromatic heterocycles. The third-order valence-electron chi connectivity index (χ3n) is 4.52. The maximum absolute atomic E-state index is 12.1. The number of hydrogen-bond acceptors (Lipinski definition) is 4. The molecule has 3 rings (SSSR count).